The molecule has 25 heavy (non-hydrogen) atoms. The van der Waals surface area contributed by atoms with E-state index in [0.717, 1.165) is 11.3 Å². The highest BCUT2D eigenvalue weighted by atomic mass is 35.5. The Hall–Kier alpha value is -2.04. The minimum absolute atomic E-state index is 0.0970. The first-order valence-electron chi connectivity index (χ1n) is 8.20. The lowest BCUT2D eigenvalue weighted by Gasteiger charge is -2.29. The van der Waals surface area contributed by atoms with Crippen molar-refractivity contribution in [1.29, 1.82) is 0 Å². The summed E-state index contributed by atoms with van der Waals surface area (Å²) < 4.78 is 11.2. The molecule has 0 spiro atoms. The summed E-state index contributed by atoms with van der Waals surface area (Å²) in [5.74, 6) is 0.577. The van der Waals surface area contributed by atoms with Crippen LogP contribution in [0.2, 0.25) is 5.02 Å². The lowest BCUT2D eigenvalue weighted by atomic mass is 9.95. The smallest absolute Gasteiger partial charge is 0.251 e. The molecule has 0 fully saturated rings. The van der Waals surface area contributed by atoms with Crippen molar-refractivity contribution >= 4 is 17.5 Å². The SMILES string of the molecule is CO[C@@](C)(CNC(=O)c1ccc(OC(C)C)cc1)c1cccc(Cl)c1. The Kier molecular flexibility index (Phi) is 6.45. The molecule has 1 atom stereocenters. The highest BCUT2D eigenvalue weighted by Gasteiger charge is 2.27. The Labute approximate surface area is 154 Å². The number of methoxy groups -OCH3 is 1. The molecule has 0 aromatic heterocycles. The molecule has 0 bridgehead atoms. The first kappa shape index (κ1) is 19.3. The Morgan fingerprint density at radius 1 is 1.20 bits per heavy atom. The number of benzene rings is 2. The molecule has 2 aromatic carbocycles. The molecule has 0 radical (unpaired) electrons. The van der Waals surface area contributed by atoms with Crippen LogP contribution in [-0.2, 0) is 10.3 Å². The molecule has 0 heterocycles. The van der Waals surface area contributed by atoms with E-state index >= 15 is 0 Å². The topological polar surface area (TPSA) is 47.6 Å². The Bertz CT molecular complexity index is 715. The van der Waals surface area contributed by atoms with E-state index in [1.165, 1.54) is 0 Å². The molecule has 0 unspecified atom stereocenters. The molecule has 134 valence electrons. The van der Waals surface area contributed by atoms with Crippen LogP contribution in [0, 0.1) is 0 Å². The fourth-order valence-electron chi connectivity index (χ4n) is 2.42. The van der Waals surface area contributed by atoms with Gasteiger partial charge in [0.2, 0.25) is 0 Å². The molecule has 0 aliphatic heterocycles. The number of ether oxygens (including phenoxy) is 2. The predicted octanol–water partition coefficient (Wildman–Crippen LogP) is 4.42. The number of nitrogens with one attached hydrogen (secondary N) is 1. The van der Waals surface area contributed by atoms with Gasteiger partial charge in [0.1, 0.15) is 11.4 Å². The summed E-state index contributed by atoms with van der Waals surface area (Å²) in [6.45, 7) is 6.16. The van der Waals surface area contributed by atoms with Gasteiger partial charge in [-0.05, 0) is 62.7 Å². The first-order chi connectivity index (χ1) is 11.8. The van der Waals surface area contributed by atoms with Gasteiger partial charge in [-0.2, -0.15) is 0 Å². The molecule has 0 aliphatic rings. The largest absolute Gasteiger partial charge is 0.491 e. The summed E-state index contributed by atoms with van der Waals surface area (Å²) in [6, 6.07) is 14.5. The quantitative estimate of drug-likeness (QED) is 0.794. The number of rotatable bonds is 7. The molecular weight excluding hydrogens is 338 g/mol. The molecule has 5 heteroatoms. The summed E-state index contributed by atoms with van der Waals surface area (Å²) >= 11 is 6.06. The molecule has 0 aliphatic carbocycles. The van der Waals surface area contributed by atoms with Gasteiger partial charge in [0.05, 0.1) is 12.6 Å². The summed E-state index contributed by atoms with van der Waals surface area (Å²) in [5, 5.41) is 3.55. The van der Waals surface area contributed by atoms with E-state index < -0.39 is 5.60 Å². The van der Waals surface area contributed by atoms with Crippen LogP contribution in [-0.4, -0.2) is 25.7 Å². The molecule has 0 saturated carbocycles. The number of carbonyl (C=O) groups excluding carboxylic acids is 1. The summed E-state index contributed by atoms with van der Waals surface area (Å²) in [5.41, 5.74) is 0.811. The van der Waals surface area contributed by atoms with Crippen molar-refractivity contribution in [3.63, 3.8) is 0 Å². The van der Waals surface area contributed by atoms with E-state index in [-0.39, 0.29) is 12.0 Å². The average Bonchev–Trinajstić information content (AvgIpc) is 2.59. The van der Waals surface area contributed by atoms with E-state index in [2.05, 4.69) is 5.32 Å². The maximum atomic E-state index is 12.4. The predicted molar refractivity (Wildman–Crippen MR) is 100 cm³/mol. The maximum Gasteiger partial charge on any atom is 0.251 e. The molecule has 1 N–H and O–H groups in total. The zero-order chi connectivity index (χ0) is 18.4. The lowest BCUT2D eigenvalue weighted by molar-refractivity contribution is 0.00315. The van der Waals surface area contributed by atoms with Gasteiger partial charge >= 0.3 is 0 Å². The number of carbonyl (C=O) groups is 1. The van der Waals surface area contributed by atoms with Crippen LogP contribution >= 0.6 is 11.6 Å². The van der Waals surface area contributed by atoms with Crippen molar-refractivity contribution < 1.29 is 14.3 Å². The Morgan fingerprint density at radius 2 is 1.88 bits per heavy atom. The number of hydrogen-bond donors (Lipinski definition) is 1. The van der Waals surface area contributed by atoms with Gasteiger partial charge in [-0.15, -0.1) is 0 Å². The zero-order valence-electron chi connectivity index (χ0n) is 15.0. The van der Waals surface area contributed by atoms with Gasteiger partial charge in [0, 0.05) is 17.7 Å². The molecule has 2 rings (SSSR count). The van der Waals surface area contributed by atoms with Crippen LogP contribution in [0.15, 0.2) is 48.5 Å². The van der Waals surface area contributed by atoms with Gasteiger partial charge in [0.15, 0.2) is 0 Å². The van der Waals surface area contributed by atoms with E-state index in [1.54, 1.807) is 37.4 Å². The summed E-state index contributed by atoms with van der Waals surface area (Å²) in [6.07, 6.45) is 0.0970. The molecular formula is C20H24ClNO3. The van der Waals surface area contributed by atoms with Crippen molar-refractivity contribution in [1.82, 2.24) is 5.32 Å². The molecule has 0 saturated heterocycles. The highest BCUT2D eigenvalue weighted by Crippen LogP contribution is 2.26. The summed E-state index contributed by atoms with van der Waals surface area (Å²) in [4.78, 5) is 12.4. The van der Waals surface area contributed by atoms with Crippen LogP contribution < -0.4 is 10.1 Å². The zero-order valence-corrected chi connectivity index (χ0v) is 15.8. The third kappa shape index (κ3) is 5.21. The van der Waals surface area contributed by atoms with Gasteiger partial charge in [-0.3, -0.25) is 4.79 Å². The molecule has 1 amide bonds. The van der Waals surface area contributed by atoms with Crippen LogP contribution in [0.5, 0.6) is 5.75 Å². The number of halogens is 1. The maximum absolute atomic E-state index is 12.4. The monoisotopic (exact) mass is 361 g/mol. The average molecular weight is 362 g/mol. The molecule has 4 nitrogen and oxygen atoms in total. The second-order valence-corrected chi connectivity index (χ2v) is 6.76. The van der Waals surface area contributed by atoms with Crippen LogP contribution in [0.25, 0.3) is 0 Å². The third-order valence-corrected chi connectivity index (χ3v) is 4.20. The normalized spacial score (nSPS) is 13.4. The number of amides is 1. The summed E-state index contributed by atoms with van der Waals surface area (Å²) in [7, 11) is 1.62. The van der Waals surface area contributed by atoms with Crippen molar-refractivity contribution in [3.05, 3.63) is 64.7 Å². The van der Waals surface area contributed by atoms with Crippen molar-refractivity contribution in [2.45, 2.75) is 32.5 Å². The van der Waals surface area contributed by atoms with Gasteiger partial charge in [-0.25, -0.2) is 0 Å². The van der Waals surface area contributed by atoms with Crippen molar-refractivity contribution in [2.24, 2.45) is 0 Å². The third-order valence-electron chi connectivity index (χ3n) is 3.96. The van der Waals surface area contributed by atoms with Crippen molar-refractivity contribution in [2.75, 3.05) is 13.7 Å². The van der Waals surface area contributed by atoms with E-state index in [0.29, 0.717) is 17.1 Å². The highest BCUT2D eigenvalue weighted by molar-refractivity contribution is 6.30. The van der Waals surface area contributed by atoms with Crippen LogP contribution in [0.3, 0.4) is 0 Å². The van der Waals surface area contributed by atoms with Gasteiger partial charge in [-0.1, -0.05) is 23.7 Å². The second kappa shape index (κ2) is 8.37. The first-order valence-corrected chi connectivity index (χ1v) is 8.58. The van der Waals surface area contributed by atoms with E-state index in [1.807, 2.05) is 39.0 Å². The fourth-order valence-corrected chi connectivity index (χ4v) is 2.61. The standard InChI is InChI=1S/C20H24ClNO3/c1-14(2)25-18-10-8-15(9-11-18)19(23)22-13-20(3,24-4)16-6-5-7-17(21)12-16/h5-12,14H,13H2,1-4H3,(H,22,23)/t20-/m0/s1. The second-order valence-electron chi connectivity index (χ2n) is 6.32. The lowest BCUT2D eigenvalue weighted by Crippen LogP contribution is -2.40. The van der Waals surface area contributed by atoms with Crippen LogP contribution in [0.4, 0.5) is 0 Å². The van der Waals surface area contributed by atoms with Gasteiger partial charge < -0.3 is 14.8 Å². The fraction of sp³-hybridized carbons (Fsp3) is 0.350. The molecule has 2 aromatic rings. The van der Waals surface area contributed by atoms with Gasteiger partial charge in [0.25, 0.3) is 5.91 Å². The Balaban J connectivity index is 2.04. The Morgan fingerprint density at radius 3 is 2.44 bits per heavy atom. The minimum atomic E-state index is -0.665. The minimum Gasteiger partial charge on any atom is -0.491 e. The van der Waals surface area contributed by atoms with E-state index in [9.17, 15) is 4.79 Å². The van der Waals surface area contributed by atoms with E-state index in [4.69, 9.17) is 21.1 Å². The van der Waals surface area contributed by atoms with Crippen LogP contribution in [0.1, 0.15) is 36.7 Å². The van der Waals surface area contributed by atoms with Crippen molar-refractivity contribution in [3.8, 4) is 5.75 Å². The number of hydrogen-bond acceptors (Lipinski definition) is 3.